The van der Waals surface area contributed by atoms with E-state index in [0.29, 0.717) is 18.0 Å². The molecule has 0 spiro atoms. The highest BCUT2D eigenvalue weighted by Gasteiger charge is 2.08. The molecule has 0 saturated heterocycles. The van der Waals surface area contributed by atoms with Crippen molar-refractivity contribution in [2.45, 2.75) is 26.3 Å². The predicted octanol–water partition coefficient (Wildman–Crippen LogP) is 3.75. The number of rotatable bonds is 5. The smallest absolute Gasteiger partial charge is 0.251 e. The van der Waals surface area contributed by atoms with Crippen molar-refractivity contribution in [3.8, 4) is 5.75 Å². The Morgan fingerprint density at radius 2 is 1.76 bits per heavy atom. The van der Waals surface area contributed by atoms with Crippen LogP contribution in [0.2, 0.25) is 0 Å². The van der Waals surface area contributed by atoms with Crippen LogP contribution >= 0.6 is 0 Å². The summed E-state index contributed by atoms with van der Waals surface area (Å²) >= 11 is 0. The third kappa shape index (κ3) is 3.85. The van der Waals surface area contributed by atoms with Gasteiger partial charge >= 0.3 is 0 Å². The maximum atomic E-state index is 12.1. The van der Waals surface area contributed by atoms with Gasteiger partial charge in [0.15, 0.2) is 0 Å². The van der Waals surface area contributed by atoms with Gasteiger partial charge in [0.25, 0.3) is 5.91 Å². The summed E-state index contributed by atoms with van der Waals surface area (Å²) in [6, 6.07) is 15.4. The molecule has 0 unspecified atom stereocenters. The zero-order valence-electron chi connectivity index (χ0n) is 12.7. The summed E-state index contributed by atoms with van der Waals surface area (Å²) in [5.74, 6) is 1.18. The molecule has 0 atom stereocenters. The van der Waals surface area contributed by atoms with Crippen molar-refractivity contribution in [1.82, 2.24) is 5.32 Å². The normalized spacial score (nSPS) is 10.5. The third-order valence-electron chi connectivity index (χ3n) is 3.47. The summed E-state index contributed by atoms with van der Waals surface area (Å²) in [7, 11) is 1.63. The highest BCUT2D eigenvalue weighted by molar-refractivity contribution is 5.94. The highest BCUT2D eigenvalue weighted by Crippen LogP contribution is 2.17. The van der Waals surface area contributed by atoms with Crippen molar-refractivity contribution < 1.29 is 9.53 Å². The van der Waals surface area contributed by atoms with Crippen LogP contribution in [0.5, 0.6) is 5.75 Å². The van der Waals surface area contributed by atoms with Crippen LogP contribution in [-0.2, 0) is 6.54 Å². The van der Waals surface area contributed by atoms with E-state index in [1.54, 1.807) is 7.11 Å². The Kier molecular flexibility index (Phi) is 4.99. The van der Waals surface area contributed by atoms with Gasteiger partial charge in [-0.15, -0.1) is 0 Å². The predicted molar refractivity (Wildman–Crippen MR) is 84.7 cm³/mol. The fraction of sp³-hybridized carbons (Fsp3) is 0.278. The molecule has 0 aliphatic carbocycles. The second kappa shape index (κ2) is 6.93. The molecule has 0 heterocycles. The molecule has 0 aromatic heterocycles. The number of nitrogens with one attached hydrogen (secondary N) is 1. The lowest BCUT2D eigenvalue weighted by molar-refractivity contribution is 0.0950. The van der Waals surface area contributed by atoms with E-state index in [2.05, 4.69) is 19.2 Å². The van der Waals surface area contributed by atoms with Gasteiger partial charge in [-0.3, -0.25) is 4.79 Å². The van der Waals surface area contributed by atoms with Gasteiger partial charge in [-0.2, -0.15) is 0 Å². The van der Waals surface area contributed by atoms with Crippen LogP contribution < -0.4 is 10.1 Å². The fourth-order valence-corrected chi connectivity index (χ4v) is 2.15. The molecule has 0 aliphatic heterocycles. The van der Waals surface area contributed by atoms with E-state index in [-0.39, 0.29) is 5.91 Å². The van der Waals surface area contributed by atoms with Crippen LogP contribution in [0, 0.1) is 0 Å². The molecule has 0 fully saturated rings. The van der Waals surface area contributed by atoms with Crippen LogP contribution in [0.15, 0.2) is 48.5 Å². The lowest BCUT2D eigenvalue weighted by Gasteiger charge is -2.10. The first-order chi connectivity index (χ1) is 10.1. The number of hydrogen-bond donors (Lipinski definition) is 1. The second-order valence-corrected chi connectivity index (χ2v) is 5.27. The van der Waals surface area contributed by atoms with Gasteiger partial charge in [-0.05, 0) is 29.7 Å². The minimum Gasteiger partial charge on any atom is -0.496 e. The molecule has 21 heavy (non-hydrogen) atoms. The standard InChI is InChI=1S/C18H21NO2/c1-13(2)14-8-10-15(11-9-14)18(20)19-12-16-6-4-5-7-17(16)21-3/h4-11,13H,12H2,1-3H3,(H,19,20). The summed E-state index contributed by atoms with van der Waals surface area (Å²) in [6.45, 7) is 4.72. The Hall–Kier alpha value is -2.29. The van der Waals surface area contributed by atoms with Crippen molar-refractivity contribution >= 4 is 5.91 Å². The maximum absolute atomic E-state index is 12.1. The van der Waals surface area contributed by atoms with Crippen LogP contribution in [0.3, 0.4) is 0 Å². The van der Waals surface area contributed by atoms with Gasteiger partial charge in [0.2, 0.25) is 0 Å². The number of amides is 1. The van der Waals surface area contributed by atoms with Gasteiger partial charge in [-0.1, -0.05) is 44.2 Å². The molecule has 2 rings (SSSR count). The van der Waals surface area contributed by atoms with Gasteiger partial charge in [0.05, 0.1) is 7.11 Å². The molecule has 110 valence electrons. The lowest BCUT2D eigenvalue weighted by Crippen LogP contribution is -2.23. The van der Waals surface area contributed by atoms with E-state index >= 15 is 0 Å². The molecule has 3 nitrogen and oxygen atoms in total. The number of ether oxygens (including phenoxy) is 1. The highest BCUT2D eigenvalue weighted by atomic mass is 16.5. The first kappa shape index (κ1) is 15.1. The summed E-state index contributed by atoms with van der Waals surface area (Å²) in [6.07, 6.45) is 0. The molecule has 0 bridgehead atoms. The van der Waals surface area contributed by atoms with Crippen molar-refractivity contribution in [1.29, 1.82) is 0 Å². The Bertz CT molecular complexity index is 603. The summed E-state index contributed by atoms with van der Waals surface area (Å²) in [5, 5.41) is 2.92. The van der Waals surface area contributed by atoms with Gasteiger partial charge < -0.3 is 10.1 Å². The Balaban J connectivity index is 2.01. The SMILES string of the molecule is COc1ccccc1CNC(=O)c1ccc(C(C)C)cc1. The second-order valence-electron chi connectivity index (χ2n) is 5.27. The van der Waals surface area contributed by atoms with Gasteiger partial charge in [0.1, 0.15) is 5.75 Å². The van der Waals surface area contributed by atoms with Crippen LogP contribution in [0.1, 0.15) is 41.3 Å². The van der Waals surface area contributed by atoms with Crippen LogP contribution in [-0.4, -0.2) is 13.0 Å². The number of carbonyl (C=O) groups excluding carboxylic acids is 1. The van der Waals surface area contributed by atoms with Crippen molar-refractivity contribution in [2.75, 3.05) is 7.11 Å². The van der Waals surface area contributed by atoms with Crippen molar-refractivity contribution in [2.24, 2.45) is 0 Å². The fourth-order valence-electron chi connectivity index (χ4n) is 2.15. The topological polar surface area (TPSA) is 38.3 Å². The average molecular weight is 283 g/mol. The van der Waals surface area contributed by atoms with E-state index in [1.165, 1.54) is 5.56 Å². The van der Waals surface area contributed by atoms with Gasteiger partial charge in [0, 0.05) is 17.7 Å². The van der Waals surface area contributed by atoms with Gasteiger partial charge in [-0.25, -0.2) is 0 Å². The van der Waals surface area contributed by atoms with E-state index in [0.717, 1.165) is 11.3 Å². The Morgan fingerprint density at radius 3 is 2.38 bits per heavy atom. The average Bonchev–Trinajstić information content (AvgIpc) is 2.52. The molecular formula is C18H21NO2. The largest absolute Gasteiger partial charge is 0.496 e. The maximum Gasteiger partial charge on any atom is 0.251 e. The number of hydrogen-bond acceptors (Lipinski definition) is 2. The zero-order valence-corrected chi connectivity index (χ0v) is 12.7. The third-order valence-corrected chi connectivity index (χ3v) is 3.47. The number of benzene rings is 2. The minimum atomic E-state index is -0.0730. The molecular weight excluding hydrogens is 262 g/mol. The quantitative estimate of drug-likeness (QED) is 0.907. The minimum absolute atomic E-state index is 0.0730. The molecule has 2 aromatic carbocycles. The molecule has 1 N–H and O–H groups in total. The van der Waals surface area contributed by atoms with Crippen LogP contribution in [0.25, 0.3) is 0 Å². The molecule has 0 aliphatic rings. The van der Waals surface area contributed by atoms with Crippen LogP contribution in [0.4, 0.5) is 0 Å². The first-order valence-corrected chi connectivity index (χ1v) is 7.12. The number of para-hydroxylation sites is 1. The molecule has 2 aromatic rings. The Morgan fingerprint density at radius 1 is 1.10 bits per heavy atom. The van der Waals surface area contributed by atoms with Crippen molar-refractivity contribution in [3.63, 3.8) is 0 Å². The molecule has 3 heteroatoms. The van der Waals surface area contributed by atoms with E-state index in [9.17, 15) is 4.79 Å². The lowest BCUT2D eigenvalue weighted by atomic mass is 10.0. The first-order valence-electron chi connectivity index (χ1n) is 7.12. The summed E-state index contributed by atoms with van der Waals surface area (Å²) in [4.78, 5) is 12.1. The Labute approximate surface area is 126 Å². The molecule has 0 radical (unpaired) electrons. The van der Waals surface area contributed by atoms with E-state index < -0.39 is 0 Å². The van der Waals surface area contributed by atoms with E-state index in [4.69, 9.17) is 4.74 Å². The molecule has 1 amide bonds. The van der Waals surface area contributed by atoms with E-state index in [1.807, 2.05) is 48.5 Å². The number of methoxy groups -OCH3 is 1. The van der Waals surface area contributed by atoms with Crippen molar-refractivity contribution in [3.05, 3.63) is 65.2 Å². The molecule has 0 saturated carbocycles. The zero-order chi connectivity index (χ0) is 15.2. The summed E-state index contributed by atoms with van der Waals surface area (Å²) in [5.41, 5.74) is 2.87. The monoisotopic (exact) mass is 283 g/mol. The summed E-state index contributed by atoms with van der Waals surface area (Å²) < 4.78 is 5.27. The number of carbonyl (C=O) groups is 1.